The van der Waals surface area contributed by atoms with Crippen LogP contribution < -0.4 is 0 Å². The van der Waals surface area contributed by atoms with Crippen LogP contribution in [0.1, 0.15) is 5.82 Å². The number of hydrogen-bond acceptors (Lipinski definition) is 4. The molecule has 0 aliphatic heterocycles. The quantitative estimate of drug-likeness (QED) is 0.499. The van der Waals surface area contributed by atoms with Crippen LogP contribution in [-0.4, -0.2) is 19.4 Å². The Balaban J connectivity index is 2.37. The number of nitrogens with zero attached hydrogens (tertiary/aromatic N) is 3. The number of rotatable bonds is 0. The van der Waals surface area contributed by atoms with E-state index in [0.29, 0.717) is 4.64 Å². The van der Waals surface area contributed by atoms with Crippen LogP contribution in [0.5, 0.6) is 0 Å². The van der Waals surface area contributed by atoms with E-state index in [1.54, 1.807) is 11.3 Å². The van der Waals surface area contributed by atoms with Gasteiger partial charge in [-0.05, 0) is 19.1 Å². The molecule has 0 amide bonds. The van der Waals surface area contributed by atoms with Crippen molar-refractivity contribution >= 4 is 49.9 Å². The van der Waals surface area contributed by atoms with Crippen LogP contribution in [0.15, 0.2) is 24.3 Å². The first-order valence-corrected chi connectivity index (χ1v) is 6.73. The van der Waals surface area contributed by atoms with E-state index in [1.807, 2.05) is 25.1 Å². The average Bonchev–Trinajstić information content (AvgIpc) is 2.85. The number of H-pyrrole nitrogens is 1. The van der Waals surface area contributed by atoms with Crippen molar-refractivity contribution in [1.82, 2.24) is 19.4 Å². The fraction of sp³-hybridized carbons (Fsp3) is 0.0833. The fourth-order valence-corrected chi connectivity index (χ4v) is 3.53. The van der Waals surface area contributed by atoms with E-state index in [4.69, 9.17) is 12.2 Å². The summed E-state index contributed by atoms with van der Waals surface area (Å²) in [7, 11) is 0. The maximum Gasteiger partial charge on any atom is 0.197 e. The minimum Gasteiger partial charge on any atom is -0.328 e. The van der Waals surface area contributed by atoms with E-state index in [1.165, 1.54) is 0 Å². The van der Waals surface area contributed by atoms with Crippen LogP contribution >= 0.6 is 23.6 Å². The van der Waals surface area contributed by atoms with Crippen molar-refractivity contribution in [3.63, 3.8) is 0 Å². The highest BCUT2D eigenvalue weighted by Gasteiger charge is 2.12. The predicted molar refractivity (Wildman–Crippen MR) is 75.8 cm³/mol. The Kier molecular flexibility index (Phi) is 1.90. The Morgan fingerprint density at radius 3 is 3.00 bits per heavy atom. The Hall–Kier alpha value is -1.79. The summed E-state index contributed by atoms with van der Waals surface area (Å²) < 4.78 is 3.74. The molecule has 0 atom stereocenters. The van der Waals surface area contributed by atoms with Crippen molar-refractivity contribution in [3.8, 4) is 0 Å². The van der Waals surface area contributed by atoms with Gasteiger partial charge in [-0.1, -0.05) is 35.7 Å². The van der Waals surface area contributed by atoms with E-state index >= 15 is 0 Å². The molecule has 6 heteroatoms. The highest BCUT2D eigenvalue weighted by molar-refractivity contribution is 7.71. The molecule has 0 saturated heterocycles. The number of aryl methyl sites for hydroxylation is 1. The summed E-state index contributed by atoms with van der Waals surface area (Å²) in [5, 5.41) is 0. The number of benzene rings is 1. The molecule has 0 fully saturated rings. The van der Waals surface area contributed by atoms with E-state index in [2.05, 4.69) is 25.4 Å². The number of aromatic nitrogens is 4. The summed E-state index contributed by atoms with van der Waals surface area (Å²) in [6.45, 7) is 1.91. The SMILES string of the molecule is Cc1nc(=S)c2sc3nc4ccccc4n3c2[nH]1. The smallest absolute Gasteiger partial charge is 0.197 e. The Labute approximate surface area is 111 Å². The number of hydrogen-bond donors (Lipinski definition) is 1. The number of para-hydroxylation sites is 2. The van der Waals surface area contributed by atoms with Crippen molar-refractivity contribution in [1.29, 1.82) is 0 Å². The summed E-state index contributed by atoms with van der Waals surface area (Å²) in [5.74, 6) is 0.824. The summed E-state index contributed by atoms with van der Waals surface area (Å²) in [6, 6.07) is 8.09. The molecule has 4 aromatic rings. The van der Waals surface area contributed by atoms with Gasteiger partial charge in [0.05, 0.1) is 11.0 Å². The van der Waals surface area contributed by atoms with Crippen molar-refractivity contribution < 1.29 is 0 Å². The standard InChI is InChI=1S/C12H8N4S2/c1-6-13-10-9(11(17)14-6)18-12-15-7-4-2-3-5-8(7)16(10)12/h2-5H,1H3,(H,13,14,17). The lowest BCUT2D eigenvalue weighted by Crippen LogP contribution is -1.91. The molecule has 0 aliphatic carbocycles. The first kappa shape index (κ1) is 10.2. The van der Waals surface area contributed by atoms with Crippen molar-refractivity contribution in [3.05, 3.63) is 34.7 Å². The molecule has 18 heavy (non-hydrogen) atoms. The van der Waals surface area contributed by atoms with Gasteiger partial charge in [0.15, 0.2) is 4.96 Å². The molecule has 0 spiro atoms. The largest absolute Gasteiger partial charge is 0.328 e. The Bertz CT molecular complexity index is 961. The van der Waals surface area contributed by atoms with E-state index < -0.39 is 0 Å². The summed E-state index contributed by atoms with van der Waals surface area (Å²) in [6.07, 6.45) is 0. The fourth-order valence-electron chi connectivity index (χ4n) is 2.19. The lowest BCUT2D eigenvalue weighted by atomic mass is 10.3. The summed E-state index contributed by atoms with van der Waals surface area (Å²) >= 11 is 6.89. The molecular weight excluding hydrogens is 264 g/mol. The zero-order valence-electron chi connectivity index (χ0n) is 9.47. The molecule has 0 aliphatic rings. The minimum absolute atomic E-state index is 0.640. The van der Waals surface area contributed by atoms with Gasteiger partial charge in [-0.3, -0.25) is 4.40 Å². The molecule has 1 aromatic carbocycles. The third-order valence-corrected chi connectivity index (χ3v) is 4.40. The predicted octanol–water partition coefficient (Wildman–Crippen LogP) is 3.46. The first-order valence-electron chi connectivity index (χ1n) is 5.50. The van der Waals surface area contributed by atoms with Gasteiger partial charge < -0.3 is 4.98 Å². The molecule has 88 valence electrons. The zero-order valence-corrected chi connectivity index (χ0v) is 11.1. The van der Waals surface area contributed by atoms with Gasteiger partial charge in [0.25, 0.3) is 0 Å². The van der Waals surface area contributed by atoms with Gasteiger partial charge in [0.1, 0.15) is 20.8 Å². The number of imidazole rings is 1. The van der Waals surface area contributed by atoms with E-state index in [9.17, 15) is 0 Å². The normalized spacial score (nSPS) is 11.8. The lowest BCUT2D eigenvalue weighted by Gasteiger charge is -1.96. The van der Waals surface area contributed by atoms with Crippen LogP contribution in [0.2, 0.25) is 0 Å². The van der Waals surface area contributed by atoms with Crippen LogP contribution in [0.25, 0.3) is 26.3 Å². The van der Waals surface area contributed by atoms with E-state index in [-0.39, 0.29) is 0 Å². The number of fused-ring (bicyclic) bond motifs is 5. The molecule has 3 heterocycles. The topological polar surface area (TPSA) is 46.0 Å². The molecule has 1 N–H and O–H groups in total. The lowest BCUT2D eigenvalue weighted by molar-refractivity contribution is 1.06. The number of aromatic amines is 1. The molecule has 4 rings (SSSR count). The summed E-state index contributed by atoms with van der Waals surface area (Å²) in [4.78, 5) is 13.1. The second-order valence-electron chi connectivity index (χ2n) is 4.13. The van der Waals surface area contributed by atoms with Crippen molar-refractivity contribution in [2.75, 3.05) is 0 Å². The zero-order chi connectivity index (χ0) is 12.3. The highest BCUT2D eigenvalue weighted by atomic mass is 32.1. The third kappa shape index (κ3) is 1.21. The minimum atomic E-state index is 0.640. The van der Waals surface area contributed by atoms with Gasteiger partial charge in [-0.2, -0.15) is 0 Å². The Morgan fingerprint density at radius 2 is 2.11 bits per heavy atom. The van der Waals surface area contributed by atoms with Crippen molar-refractivity contribution in [2.45, 2.75) is 6.92 Å². The van der Waals surface area contributed by atoms with Crippen LogP contribution in [0.3, 0.4) is 0 Å². The average molecular weight is 272 g/mol. The molecular formula is C12H8N4S2. The maximum absolute atomic E-state index is 5.31. The van der Waals surface area contributed by atoms with E-state index in [0.717, 1.165) is 32.2 Å². The molecule has 4 nitrogen and oxygen atoms in total. The molecule has 0 radical (unpaired) electrons. The van der Waals surface area contributed by atoms with Gasteiger partial charge in [0.2, 0.25) is 0 Å². The Morgan fingerprint density at radius 1 is 1.28 bits per heavy atom. The molecule has 0 bridgehead atoms. The van der Waals surface area contributed by atoms with Crippen LogP contribution in [0, 0.1) is 11.6 Å². The summed E-state index contributed by atoms with van der Waals surface area (Å²) in [5.41, 5.74) is 3.08. The van der Waals surface area contributed by atoms with Crippen molar-refractivity contribution in [2.24, 2.45) is 0 Å². The van der Waals surface area contributed by atoms with Gasteiger partial charge in [0, 0.05) is 0 Å². The molecule has 3 aromatic heterocycles. The monoisotopic (exact) mass is 272 g/mol. The van der Waals surface area contributed by atoms with Gasteiger partial charge in [-0.15, -0.1) is 0 Å². The van der Waals surface area contributed by atoms with Gasteiger partial charge >= 0.3 is 0 Å². The molecule has 0 saturated carbocycles. The van der Waals surface area contributed by atoms with Crippen LogP contribution in [0.4, 0.5) is 0 Å². The first-order chi connectivity index (χ1) is 8.74. The highest BCUT2D eigenvalue weighted by Crippen LogP contribution is 2.29. The number of thiazole rings is 1. The third-order valence-electron chi connectivity index (χ3n) is 2.92. The van der Waals surface area contributed by atoms with Gasteiger partial charge in [-0.25, -0.2) is 9.97 Å². The van der Waals surface area contributed by atoms with Crippen LogP contribution in [-0.2, 0) is 0 Å². The maximum atomic E-state index is 5.31. The second-order valence-corrected chi connectivity index (χ2v) is 5.49. The second kappa shape index (κ2) is 3.37. The number of nitrogens with one attached hydrogen (secondary N) is 1. The molecule has 0 unspecified atom stereocenters.